The Morgan fingerprint density at radius 3 is 1.30 bits per heavy atom. The number of benzene rings is 13. The van der Waals surface area contributed by atoms with Crippen LogP contribution in [0.1, 0.15) is 22.3 Å². The molecule has 0 atom stereocenters. The topological polar surface area (TPSA) is 0 Å². The maximum absolute atomic E-state index is 2.53. The monoisotopic (exact) mass is 844 g/mol. The van der Waals surface area contributed by atoms with Crippen molar-refractivity contribution in [3.05, 3.63) is 265 Å². The zero-order valence-electron chi connectivity index (χ0n) is 36.6. The van der Waals surface area contributed by atoms with Crippen molar-refractivity contribution >= 4 is 64.6 Å². The minimum atomic E-state index is -0.417. The van der Waals surface area contributed by atoms with E-state index in [0.717, 1.165) is 0 Å². The molecule has 0 saturated heterocycles. The molecule has 2 aliphatic carbocycles. The SMILES string of the molecule is c1cc(-c2ccc3cc4c(cc3c2)C2(c3ccccc3-c3ccccc32)c2cc3ccccc3cc2-4)cc(-c2c3ccccc3c(-c3cc4ccccc4c4ccccc34)c3ccccc23)c1. The van der Waals surface area contributed by atoms with Crippen LogP contribution in [0.5, 0.6) is 0 Å². The lowest BCUT2D eigenvalue weighted by atomic mass is 9.70. The van der Waals surface area contributed by atoms with Crippen LogP contribution < -0.4 is 0 Å². The second-order valence-electron chi connectivity index (χ2n) is 18.7. The number of rotatable bonds is 3. The van der Waals surface area contributed by atoms with Crippen LogP contribution >= 0.6 is 0 Å². The van der Waals surface area contributed by atoms with Gasteiger partial charge in [0.25, 0.3) is 0 Å². The van der Waals surface area contributed by atoms with Gasteiger partial charge in [-0.05, 0) is 185 Å². The van der Waals surface area contributed by atoms with Crippen molar-refractivity contribution in [2.45, 2.75) is 5.41 Å². The fraction of sp³-hybridized carbons (Fsp3) is 0.0149. The van der Waals surface area contributed by atoms with E-state index < -0.39 is 5.41 Å². The van der Waals surface area contributed by atoms with Crippen molar-refractivity contribution in [3.63, 3.8) is 0 Å². The maximum atomic E-state index is 2.53. The summed E-state index contributed by atoms with van der Waals surface area (Å²) in [5, 5.41) is 15.2. The van der Waals surface area contributed by atoms with Gasteiger partial charge >= 0.3 is 0 Å². The standard InChI is InChI=1S/C67H40/c1-2-17-43-39-63-58(36-42(43)16-1)59-37-45-33-32-44(35-48(45)40-64(59)67(63)61-30-13-11-24-52(61)53-25-12-14-31-62(53)67)41-19-15-20-47(34-41)65-54-26-7-9-28-56(54)66(57-29-10-8-27-55(57)65)60-38-46-18-3-4-21-49(46)50-22-5-6-23-51(50)60/h1-40H. The summed E-state index contributed by atoms with van der Waals surface area (Å²) in [6.45, 7) is 0. The molecule has 308 valence electrons. The lowest BCUT2D eigenvalue weighted by molar-refractivity contribution is 0.796. The molecule has 0 heterocycles. The molecule has 0 nitrogen and oxygen atoms in total. The highest BCUT2D eigenvalue weighted by Gasteiger charge is 2.51. The molecule has 0 amide bonds. The fourth-order valence-electron chi connectivity index (χ4n) is 12.6. The number of fused-ring (bicyclic) bond motifs is 17. The van der Waals surface area contributed by atoms with Gasteiger partial charge in [-0.25, -0.2) is 0 Å². The van der Waals surface area contributed by atoms with Crippen LogP contribution in [0.3, 0.4) is 0 Å². The smallest absolute Gasteiger partial charge is 0.0619 e. The Bertz CT molecular complexity index is 4180. The summed E-state index contributed by atoms with van der Waals surface area (Å²) in [5.74, 6) is 0. The molecule has 0 fully saturated rings. The third kappa shape index (κ3) is 5.02. The van der Waals surface area contributed by atoms with Crippen molar-refractivity contribution in [3.8, 4) is 55.6 Å². The van der Waals surface area contributed by atoms with Crippen molar-refractivity contribution in [2.24, 2.45) is 0 Å². The molecule has 0 N–H and O–H groups in total. The lowest BCUT2D eigenvalue weighted by Crippen LogP contribution is -2.25. The quantitative estimate of drug-likeness (QED) is 0.123. The summed E-state index contributed by atoms with van der Waals surface area (Å²) in [4.78, 5) is 0. The van der Waals surface area contributed by atoms with E-state index >= 15 is 0 Å². The normalized spacial score (nSPS) is 13.2. The number of hydrogen-bond donors (Lipinski definition) is 0. The molecule has 0 heteroatoms. The van der Waals surface area contributed by atoms with E-state index in [1.54, 1.807) is 0 Å². The Kier molecular flexibility index (Phi) is 7.52. The Morgan fingerprint density at radius 2 is 0.642 bits per heavy atom. The van der Waals surface area contributed by atoms with Gasteiger partial charge in [0, 0.05) is 0 Å². The average Bonchev–Trinajstić information content (AvgIpc) is 3.84. The average molecular weight is 845 g/mol. The Hall–Kier alpha value is -8.58. The van der Waals surface area contributed by atoms with Gasteiger partial charge in [-0.1, -0.05) is 200 Å². The molecule has 2 aliphatic rings. The first-order valence-electron chi connectivity index (χ1n) is 23.5. The molecular weight excluding hydrogens is 805 g/mol. The van der Waals surface area contributed by atoms with Crippen LogP contribution in [-0.2, 0) is 5.41 Å². The summed E-state index contributed by atoms with van der Waals surface area (Å²) < 4.78 is 0. The predicted molar refractivity (Wildman–Crippen MR) is 284 cm³/mol. The first-order valence-corrected chi connectivity index (χ1v) is 23.5. The maximum Gasteiger partial charge on any atom is 0.0725 e. The molecular formula is C67H40. The van der Waals surface area contributed by atoms with Crippen LogP contribution in [0.15, 0.2) is 243 Å². The summed E-state index contributed by atoms with van der Waals surface area (Å²) in [6.07, 6.45) is 0. The van der Waals surface area contributed by atoms with Gasteiger partial charge in [0.2, 0.25) is 0 Å². The molecule has 1 spiro atoms. The Morgan fingerprint density at radius 1 is 0.194 bits per heavy atom. The van der Waals surface area contributed by atoms with Gasteiger partial charge in [0.15, 0.2) is 0 Å². The van der Waals surface area contributed by atoms with Crippen LogP contribution in [0, 0.1) is 0 Å². The molecule has 13 aromatic carbocycles. The first kappa shape index (κ1) is 36.7. The van der Waals surface area contributed by atoms with Gasteiger partial charge in [-0.3, -0.25) is 0 Å². The third-order valence-corrected chi connectivity index (χ3v) is 15.4. The van der Waals surface area contributed by atoms with Crippen molar-refractivity contribution in [1.29, 1.82) is 0 Å². The van der Waals surface area contributed by atoms with E-state index in [9.17, 15) is 0 Å². The van der Waals surface area contributed by atoms with Crippen molar-refractivity contribution < 1.29 is 0 Å². The highest BCUT2D eigenvalue weighted by atomic mass is 14.5. The second kappa shape index (κ2) is 13.7. The van der Waals surface area contributed by atoms with Gasteiger partial charge in [-0.2, -0.15) is 0 Å². The Labute approximate surface area is 388 Å². The van der Waals surface area contributed by atoms with Crippen LogP contribution in [0.25, 0.3) is 120 Å². The minimum absolute atomic E-state index is 0.417. The van der Waals surface area contributed by atoms with E-state index in [2.05, 4.69) is 243 Å². The molecule has 0 radical (unpaired) electrons. The van der Waals surface area contributed by atoms with Crippen molar-refractivity contribution in [1.82, 2.24) is 0 Å². The van der Waals surface area contributed by atoms with E-state index in [4.69, 9.17) is 0 Å². The first-order chi connectivity index (χ1) is 33.2. The highest BCUT2D eigenvalue weighted by Crippen LogP contribution is 2.63. The summed E-state index contributed by atoms with van der Waals surface area (Å²) in [6, 6.07) is 91.5. The summed E-state index contributed by atoms with van der Waals surface area (Å²) in [7, 11) is 0. The van der Waals surface area contributed by atoms with E-state index in [1.165, 1.54) is 143 Å². The molecule has 0 saturated carbocycles. The predicted octanol–water partition coefficient (Wildman–Crippen LogP) is 18.0. The summed E-state index contributed by atoms with van der Waals surface area (Å²) >= 11 is 0. The number of hydrogen-bond acceptors (Lipinski definition) is 0. The molecule has 67 heavy (non-hydrogen) atoms. The fourth-order valence-corrected chi connectivity index (χ4v) is 12.6. The molecule has 0 unspecified atom stereocenters. The van der Waals surface area contributed by atoms with E-state index in [1.807, 2.05) is 0 Å². The van der Waals surface area contributed by atoms with Gasteiger partial charge < -0.3 is 0 Å². The van der Waals surface area contributed by atoms with Gasteiger partial charge in [-0.15, -0.1) is 0 Å². The van der Waals surface area contributed by atoms with E-state index in [0.29, 0.717) is 0 Å². The van der Waals surface area contributed by atoms with Gasteiger partial charge in [0.1, 0.15) is 0 Å². The summed E-state index contributed by atoms with van der Waals surface area (Å²) in [5.41, 5.74) is 17.8. The van der Waals surface area contributed by atoms with Crippen LogP contribution in [0.2, 0.25) is 0 Å². The van der Waals surface area contributed by atoms with Gasteiger partial charge in [0.05, 0.1) is 5.41 Å². The molecule has 0 aliphatic heterocycles. The zero-order valence-corrected chi connectivity index (χ0v) is 36.6. The molecule has 13 aromatic rings. The second-order valence-corrected chi connectivity index (χ2v) is 18.7. The van der Waals surface area contributed by atoms with Crippen LogP contribution in [-0.4, -0.2) is 0 Å². The van der Waals surface area contributed by atoms with Crippen molar-refractivity contribution in [2.75, 3.05) is 0 Å². The minimum Gasteiger partial charge on any atom is -0.0619 e. The van der Waals surface area contributed by atoms with E-state index in [-0.39, 0.29) is 0 Å². The highest BCUT2D eigenvalue weighted by molar-refractivity contribution is 6.26. The molecule has 0 aromatic heterocycles. The Balaban J connectivity index is 0.930. The largest absolute Gasteiger partial charge is 0.0725 e. The zero-order chi connectivity index (χ0) is 43.8. The molecule has 0 bridgehead atoms. The molecule has 15 rings (SSSR count). The lowest BCUT2D eigenvalue weighted by Gasteiger charge is -2.30. The third-order valence-electron chi connectivity index (χ3n) is 15.4. The van der Waals surface area contributed by atoms with Crippen LogP contribution in [0.4, 0.5) is 0 Å².